The molecule has 1 aromatic rings. The van der Waals surface area contributed by atoms with Gasteiger partial charge in [0.05, 0.1) is 24.5 Å². The summed E-state index contributed by atoms with van der Waals surface area (Å²) in [7, 11) is 0. The van der Waals surface area contributed by atoms with E-state index in [1.165, 1.54) is 0 Å². The van der Waals surface area contributed by atoms with Gasteiger partial charge in [-0.25, -0.2) is 0 Å². The van der Waals surface area contributed by atoms with E-state index in [4.69, 9.17) is 9.47 Å². The first kappa shape index (κ1) is 23.8. The molecule has 2 aliphatic carbocycles. The maximum Gasteiger partial charge on any atom is 0.265 e. The summed E-state index contributed by atoms with van der Waals surface area (Å²) in [5.41, 5.74) is 3.45. The van der Waals surface area contributed by atoms with Crippen molar-refractivity contribution in [2.45, 2.75) is 38.4 Å². The topological polar surface area (TPSA) is 77.5 Å². The van der Waals surface area contributed by atoms with Crippen molar-refractivity contribution >= 4 is 17.3 Å². The fourth-order valence-corrected chi connectivity index (χ4v) is 6.29. The van der Waals surface area contributed by atoms with Crippen LogP contribution in [0.2, 0.25) is 0 Å². The number of nitrogens with zero attached hydrogens (tertiary/aromatic N) is 3. The summed E-state index contributed by atoms with van der Waals surface area (Å²) in [6.07, 6.45) is 3.10. The molecule has 8 heteroatoms. The molecular weight excluding hydrogens is 456 g/mol. The number of nitrogens with one attached hydrogen (secondary N) is 1. The zero-order valence-corrected chi connectivity index (χ0v) is 21.4. The van der Waals surface area contributed by atoms with Gasteiger partial charge in [0.25, 0.3) is 5.91 Å². The predicted octanol–water partition coefficient (Wildman–Crippen LogP) is 2.43. The third kappa shape index (κ3) is 4.29. The van der Waals surface area contributed by atoms with E-state index >= 15 is 0 Å². The Morgan fingerprint density at radius 3 is 2.50 bits per heavy atom. The Bertz CT molecular complexity index is 1050. The van der Waals surface area contributed by atoms with E-state index in [-0.39, 0.29) is 17.7 Å². The number of morpholine rings is 1. The molecule has 1 saturated carbocycles. The number of hydrogen-bond donors (Lipinski definition) is 2. The smallest absolute Gasteiger partial charge is 0.265 e. The Labute approximate surface area is 213 Å². The lowest BCUT2D eigenvalue weighted by molar-refractivity contribution is -0.126. The molecule has 1 aromatic carbocycles. The number of likely N-dealkylation sites (N-methyl/N-ethyl adjacent to an activating group) is 1. The van der Waals surface area contributed by atoms with Gasteiger partial charge in [-0.3, -0.25) is 4.79 Å². The maximum absolute atomic E-state index is 13.2. The van der Waals surface area contributed by atoms with Gasteiger partial charge in [0.2, 0.25) is 0 Å². The van der Waals surface area contributed by atoms with Crippen LogP contribution in [-0.4, -0.2) is 91.5 Å². The monoisotopic (exact) mass is 494 g/mol. The molecule has 8 nitrogen and oxygen atoms in total. The standard InChI is InChI=1S/C28H38N4O4/c1-3-30-10-12-32(13-11-30)25-24-22(28(24,2)34)18-19-4-9-23(36-26(19)25)27(33)29-20-5-7-21(8-6-20)31-14-16-35-17-15-31/h5-8,18,22-24,34H,3-4,9-17H2,1-2H3,(H,29,33). The minimum atomic E-state index is -0.738. The number of benzene rings is 1. The van der Waals surface area contributed by atoms with Gasteiger partial charge in [-0.15, -0.1) is 0 Å². The van der Waals surface area contributed by atoms with E-state index < -0.39 is 11.7 Å². The molecule has 3 heterocycles. The number of carbonyl (C=O) groups excluding carboxylic acids is 1. The van der Waals surface area contributed by atoms with Crippen LogP contribution in [0, 0.1) is 11.8 Å². The summed E-state index contributed by atoms with van der Waals surface area (Å²) in [5.74, 6) is 0.932. The normalized spacial score (nSPS) is 32.3. The van der Waals surface area contributed by atoms with Gasteiger partial charge < -0.3 is 34.6 Å². The third-order valence-electron chi connectivity index (χ3n) is 8.65. The molecule has 3 saturated heterocycles. The first-order valence-electron chi connectivity index (χ1n) is 13.5. The van der Waals surface area contributed by atoms with E-state index in [1.54, 1.807) is 0 Å². The van der Waals surface area contributed by atoms with Gasteiger partial charge in [-0.05, 0) is 56.1 Å². The number of amides is 1. The van der Waals surface area contributed by atoms with Crippen molar-refractivity contribution in [3.05, 3.63) is 47.4 Å². The highest BCUT2D eigenvalue weighted by atomic mass is 16.5. The van der Waals surface area contributed by atoms with E-state index in [0.717, 1.165) is 93.9 Å². The molecular formula is C28H38N4O4. The van der Waals surface area contributed by atoms with E-state index in [9.17, 15) is 9.90 Å². The SMILES string of the molecule is CCN1CCN(C2=C3OC(C(=O)Nc4ccc(N5CCOCC5)cc4)CCC3=CC3C2C3(C)O)CC1. The largest absolute Gasteiger partial charge is 0.478 e. The molecule has 194 valence electrons. The lowest BCUT2D eigenvalue weighted by Crippen LogP contribution is -2.47. The summed E-state index contributed by atoms with van der Waals surface area (Å²) >= 11 is 0. The van der Waals surface area contributed by atoms with Crippen LogP contribution >= 0.6 is 0 Å². The molecule has 4 atom stereocenters. The van der Waals surface area contributed by atoms with Crippen LogP contribution in [0.1, 0.15) is 26.7 Å². The zero-order chi connectivity index (χ0) is 24.9. The molecule has 6 rings (SSSR count). The van der Waals surface area contributed by atoms with Gasteiger partial charge in [-0.1, -0.05) is 13.0 Å². The number of rotatable bonds is 5. The number of hydrogen-bond acceptors (Lipinski definition) is 7. The van der Waals surface area contributed by atoms with Crippen molar-refractivity contribution in [3.8, 4) is 0 Å². The second-order valence-electron chi connectivity index (χ2n) is 10.8. The number of anilines is 2. The van der Waals surface area contributed by atoms with Crippen LogP contribution in [0.15, 0.2) is 47.4 Å². The second kappa shape index (κ2) is 9.39. The molecule has 36 heavy (non-hydrogen) atoms. The molecule has 0 aromatic heterocycles. The van der Waals surface area contributed by atoms with Crippen molar-refractivity contribution < 1.29 is 19.4 Å². The number of piperazine rings is 1. The molecule has 0 radical (unpaired) electrons. The van der Waals surface area contributed by atoms with Crippen molar-refractivity contribution in [2.75, 3.05) is 69.2 Å². The first-order valence-corrected chi connectivity index (χ1v) is 13.5. The average molecular weight is 495 g/mol. The Balaban J connectivity index is 1.17. The molecule has 3 aliphatic heterocycles. The Morgan fingerprint density at radius 1 is 1.08 bits per heavy atom. The zero-order valence-electron chi connectivity index (χ0n) is 21.4. The van der Waals surface area contributed by atoms with Crippen LogP contribution < -0.4 is 10.2 Å². The van der Waals surface area contributed by atoms with Gasteiger partial charge in [0.15, 0.2) is 6.10 Å². The van der Waals surface area contributed by atoms with Crippen LogP contribution in [0.5, 0.6) is 0 Å². The van der Waals surface area contributed by atoms with Crippen molar-refractivity contribution in [1.29, 1.82) is 0 Å². The molecule has 1 amide bonds. The van der Waals surface area contributed by atoms with Gasteiger partial charge in [-0.2, -0.15) is 0 Å². The number of ether oxygens (including phenoxy) is 2. The summed E-state index contributed by atoms with van der Waals surface area (Å²) < 4.78 is 11.9. The third-order valence-corrected chi connectivity index (χ3v) is 8.65. The Kier molecular flexibility index (Phi) is 6.22. The van der Waals surface area contributed by atoms with E-state index in [1.807, 2.05) is 19.1 Å². The number of carbonyl (C=O) groups is 1. The van der Waals surface area contributed by atoms with Crippen molar-refractivity contribution in [2.24, 2.45) is 11.8 Å². The Morgan fingerprint density at radius 2 is 1.81 bits per heavy atom. The number of allylic oxidation sites excluding steroid dienone is 1. The molecule has 4 unspecified atom stereocenters. The molecule has 0 spiro atoms. The lowest BCUT2D eigenvalue weighted by Gasteiger charge is -2.40. The molecule has 5 aliphatic rings. The molecule has 0 bridgehead atoms. The van der Waals surface area contributed by atoms with E-state index in [2.05, 4.69) is 45.1 Å². The highest BCUT2D eigenvalue weighted by molar-refractivity contribution is 5.94. The predicted molar refractivity (Wildman–Crippen MR) is 139 cm³/mol. The average Bonchev–Trinajstić information content (AvgIpc) is 3.47. The number of aliphatic hydroxyl groups is 1. The van der Waals surface area contributed by atoms with Gasteiger partial charge >= 0.3 is 0 Å². The van der Waals surface area contributed by atoms with Crippen LogP contribution in [0.3, 0.4) is 0 Å². The van der Waals surface area contributed by atoms with E-state index in [0.29, 0.717) is 6.42 Å². The maximum atomic E-state index is 13.2. The minimum absolute atomic E-state index is 0.0546. The minimum Gasteiger partial charge on any atom is -0.478 e. The molecule has 4 fully saturated rings. The van der Waals surface area contributed by atoms with Crippen LogP contribution in [-0.2, 0) is 14.3 Å². The van der Waals surface area contributed by atoms with Crippen molar-refractivity contribution in [1.82, 2.24) is 9.80 Å². The number of fused-ring (bicyclic) bond motifs is 2. The Hall–Kier alpha value is -2.55. The van der Waals surface area contributed by atoms with Crippen LogP contribution in [0.4, 0.5) is 11.4 Å². The van der Waals surface area contributed by atoms with Crippen LogP contribution in [0.25, 0.3) is 0 Å². The summed E-state index contributed by atoms with van der Waals surface area (Å²) in [4.78, 5) is 20.4. The fourth-order valence-electron chi connectivity index (χ4n) is 6.29. The second-order valence-corrected chi connectivity index (χ2v) is 10.8. The summed E-state index contributed by atoms with van der Waals surface area (Å²) in [5, 5.41) is 14.1. The molecule has 2 N–H and O–H groups in total. The summed E-state index contributed by atoms with van der Waals surface area (Å²) in [6.45, 7) is 12.3. The van der Waals surface area contributed by atoms with Gasteiger partial charge in [0, 0.05) is 62.5 Å². The van der Waals surface area contributed by atoms with Gasteiger partial charge in [0.1, 0.15) is 5.76 Å². The highest BCUT2D eigenvalue weighted by Gasteiger charge is 2.65. The quantitative estimate of drug-likeness (QED) is 0.651. The van der Waals surface area contributed by atoms with Crippen molar-refractivity contribution in [3.63, 3.8) is 0 Å². The fraction of sp³-hybridized carbons (Fsp3) is 0.607. The lowest BCUT2D eigenvalue weighted by atomic mass is 9.93. The first-order chi connectivity index (χ1) is 17.5. The summed E-state index contributed by atoms with van der Waals surface area (Å²) in [6, 6.07) is 8.02. The highest BCUT2D eigenvalue weighted by Crippen LogP contribution is 2.61.